The van der Waals surface area contributed by atoms with Crippen molar-refractivity contribution >= 4 is 23.1 Å². The average Bonchev–Trinajstić information content (AvgIpc) is 3.15. The highest BCUT2D eigenvalue weighted by Gasteiger charge is 2.11. The van der Waals surface area contributed by atoms with E-state index in [0.717, 1.165) is 16.3 Å². The Bertz CT molecular complexity index is 821. The molecule has 6 nitrogen and oxygen atoms in total. The van der Waals surface area contributed by atoms with Crippen molar-refractivity contribution in [2.75, 3.05) is 12.4 Å². The summed E-state index contributed by atoms with van der Waals surface area (Å²) in [7, 11) is 1.56. The Kier molecular flexibility index (Phi) is 5.02. The van der Waals surface area contributed by atoms with Gasteiger partial charge < -0.3 is 15.4 Å². The number of hydrogen-bond acceptors (Lipinski definition) is 5. The van der Waals surface area contributed by atoms with Gasteiger partial charge in [0.1, 0.15) is 11.4 Å². The summed E-state index contributed by atoms with van der Waals surface area (Å²) in [6, 6.07) is 10.8. The van der Waals surface area contributed by atoms with Gasteiger partial charge in [-0.25, -0.2) is 4.79 Å². The fourth-order valence-corrected chi connectivity index (χ4v) is 2.94. The Hall–Kier alpha value is -2.93. The van der Waals surface area contributed by atoms with Crippen LogP contribution in [0.2, 0.25) is 0 Å². The smallest absolute Gasteiger partial charge is 0.319 e. The van der Waals surface area contributed by atoms with Crippen LogP contribution in [0.1, 0.15) is 5.69 Å². The molecule has 0 bridgehead atoms. The maximum atomic E-state index is 12.1. The van der Waals surface area contributed by atoms with Gasteiger partial charge in [-0.2, -0.15) is 0 Å². The lowest BCUT2D eigenvalue weighted by molar-refractivity contribution is 0.251. The van der Waals surface area contributed by atoms with Crippen LogP contribution in [0.15, 0.2) is 54.2 Å². The van der Waals surface area contributed by atoms with Gasteiger partial charge in [0.15, 0.2) is 0 Å². The molecule has 2 aromatic heterocycles. The van der Waals surface area contributed by atoms with Crippen molar-refractivity contribution in [1.29, 1.82) is 0 Å². The molecule has 0 saturated carbocycles. The molecule has 0 aliphatic carbocycles. The van der Waals surface area contributed by atoms with E-state index in [9.17, 15) is 4.79 Å². The van der Waals surface area contributed by atoms with E-state index < -0.39 is 0 Å². The van der Waals surface area contributed by atoms with Crippen LogP contribution in [0.3, 0.4) is 0 Å². The number of benzene rings is 1. The number of methoxy groups -OCH3 is 1. The molecule has 0 aliphatic rings. The second-order valence-electron chi connectivity index (χ2n) is 4.84. The molecule has 0 saturated heterocycles. The number of hydrogen-bond donors (Lipinski definition) is 2. The number of ether oxygens (including phenoxy) is 1. The van der Waals surface area contributed by atoms with Crippen LogP contribution in [0, 0.1) is 0 Å². The molecule has 7 heteroatoms. The summed E-state index contributed by atoms with van der Waals surface area (Å²) >= 11 is 1.58. The monoisotopic (exact) mass is 340 g/mol. The number of urea groups is 1. The predicted octanol–water partition coefficient (Wildman–Crippen LogP) is 3.54. The van der Waals surface area contributed by atoms with Crippen molar-refractivity contribution in [2.24, 2.45) is 0 Å². The van der Waals surface area contributed by atoms with E-state index >= 15 is 0 Å². The molecule has 0 atom stereocenters. The molecule has 0 spiro atoms. The number of aromatic nitrogens is 2. The Morgan fingerprint density at radius 2 is 2.00 bits per heavy atom. The third-order valence-corrected chi connectivity index (χ3v) is 4.18. The Morgan fingerprint density at radius 3 is 2.79 bits per heavy atom. The lowest BCUT2D eigenvalue weighted by Crippen LogP contribution is -2.29. The van der Waals surface area contributed by atoms with Gasteiger partial charge in [-0.05, 0) is 23.6 Å². The fraction of sp³-hybridized carbons (Fsp3) is 0.118. The zero-order valence-electron chi connectivity index (χ0n) is 13.0. The molecular weight excluding hydrogens is 324 g/mol. The molecule has 0 fully saturated rings. The highest BCUT2D eigenvalue weighted by Crippen LogP contribution is 2.25. The second kappa shape index (κ2) is 7.56. The van der Waals surface area contributed by atoms with Gasteiger partial charge in [-0.3, -0.25) is 9.97 Å². The zero-order valence-corrected chi connectivity index (χ0v) is 13.8. The molecule has 2 heterocycles. The van der Waals surface area contributed by atoms with E-state index in [4.69, 9.17) is 4.74 Å². The summed E-state index contributed by atoms with van der Waals surface area (Å²) in [6.07, 6.45) is 3.26. The van der Waals surface area contributed by atoms with Crippen molar-refractivity contribution in [3.05, 3.63) is 59.9 Å². The predicted molar refractivity (Wildman–Crippen MR) is 94.2 cm³/mol. The number of nitrogens with one attached hydrogen (secondary N) is 2. The van der Waals surface area contributed by atoms with Crippen molar-refractivity contribution in [3.63, 3.8) is 0 Å². The van der Waals surface area contributed by atoms with Gasteiger partial charge in [0.05, 0.1) is 29.9 Å². The van der Waals surface area contributed by atoms with Crippen LogP contribution < -0.4 is 15.4 Å². The van der Waals surface area contributed by atoms with Gasteiger partial charge in [-0.1, -0.05) is 18.2 Å². The van der Waals surface area contributed by atoms with Crippen molar-refractivity contribution < 1.29 is 9.53 Å². The molecule has 2 amide bonds. The van der Waals surface area contributed by atoms with E-state index in [2.05, 4.69) is 20.6 Å². The van der Waals surface area contributed by atoms with Gasteiger partial charge in [0.25, 0.3) is 0 Å². The Labute approximate surface area is 143 Å². The summed E-state index contributed by atoms with van der Waals surface area (Å²) in [5.74, 6) is 0.603. The maximum absolute atomic E-state index is 12.1. The second-order valence-corrected chi connectivity index (χ2v) is 5.78. The number of nitrogens with zero attached hydrogens (tertiary/aromatic N) is 2. The molecule has 0 radical (unpaired) electrons. The van der Waals surface area contributed by atoms with E-state index in [1.165, 1.54) is 0 Å². The summed E-state index contributed by atoms with van der Waals surface area (Å²) < 4.78 is 5.21. The summed E-state index contributed by atoms with van der Waals surface area (Å²) in [5.41, 5.74) is 2.11. The molecular formula is C17H16N4O2S. The van der Waals surface area contributed by atoms with E-state index in [0.29, 0.717) is 11.4 Å². The quantitative estimate of drug-likeness (QED) is 0.745. The number of carbonyl (C=O) groups is 1. The van der Waals surface area contributed by atoms with Gasteiger partial charge in [0.2, 0.25) is 0 Å². The van der Waals surface area contributed by atoms with Gasteiger partial charge in [-0.15, -0.1) is 11.3 Å². The van der Waals surface area contributed by atoms with Crippen LogP contribution in [0.4, 0.5) is 10.5 Å². The lowest BCUT2D eigenvalue weighted by atomic mass is 10.2. The van der Waals surface area contributed by atoms with E-state index in [-0.39, 0.29) is 12.6 Å². The van der Waals surface area contributed by atoms with Crippen LogP contribution in [-0.2, 0) is 6.54 Å². The summed E-state index contributed by atoms with van der Waals surface area (Å²) in [6.45, 7) is 0.280. The van der Waals surface area contributed by atoms with Crippen molar-refractivity contribution in [2.45, 2.75) is 6.54 Å². The van der Waals surface area contributed by atoms with Crippen LogP contribution >= 0.6 is 11.3 Å². The molecule has 0 aliphatic heterocycles. The Balaban J connectivity index is 1.67. The standard InChI is InChI=1S/C17H16N4O2S/c1-23-14-6-3-2-5-12(14)21-17(22)20-11-13-16(19-9-8-18-13)15-7-4-10-24-15/h2-10H,11H2,1H3,(H2,20,21,22). The minimum atomic E-state index is -0.331. The van der Waals surface area contributed by atoms with Gasteiger partial charge >= 0.3 is 6.03 Å². The van der Waals surface area contributed by atoms with Crippen molar-refractivity contribution in [3.8, 4) is 16.3 Å². The first-order valence-corrected chi connectivity index (χ1v) is 8.17. The number of para-hydroxylation sites is 2. The molecule has 122 valence electrons. The average molecular weight is 340 g/mol. The summed E-state index contributed by atoms with van der Waals surface area (Å²) in [5, 5.41) is 7.54. The van der Waals surface area contributed by atoms with Crippen LogP contribution in [0.5, 0.6) is 5.75 Å². The SMILES string of the molecule is COc1ccccc1NC(=O)NCc1nccnc1-c1cccs1. The number of rotatable bonds is 5. The van der Waals surface area contributed by atoms with E-state index in [1.54, 1.807) is 43.0 Å². The largest absolute Gasteiger partial charge is 0.495 e. The fourth-order valence-electron chi connectivity index (χ4n) is 2.19. The number of amides is 2. The number of carbonyl (C=O) groups excluding carboxylic acids is 1. The normalized spacial score (nSPS) is 10.2. The first kappa shape index (κ1) is 15.9. The lowest BCUT2D eigenvalue weighted by Gasteiger charge is -2.11. The van der Waals surface area contributed by atoms with Crippen LogP contribution in [-0.4, -0.2) is 23.1 Å². The number of anilines is 1. The first-order valence-electron chi connectivity index (χ1n) is 7.29. The Morgan fingerprint density at radius 1 is 1.17 bits per heavy atom. The highest BCUT2D eigenvalue weighted by atomic mass is 32.1. The topological polar surface area (TPSA) is 76.1 Å². The van der Waals surface area contributed by atoms with E-state index in [1.807, 2.05) is 29.6 Å². The molecule has 2 N–H and O–H groups in total. The molecule has 3 aromatic rings. The van der Waals surface area contributed by atoms with Gasteiger partial charge in [0, 0.05) is 12.4 Å². The number of thiophene rings is 1. The first-order chi connectivity index (χ1) is 11.8. The molecule has 1 aromatic carbocycles. The maximum Gasteiger partial charge on any atom is 0.319 e. The van der Waals surface area contributed by atoms with Crippen LogP contribution in [0.25, 0.3) is 10.6 Å². The highest BCUT2D eigenvalue weighted by molar-refractivity contribution is 7.13. The molecule has 24 heavy (non-hydrogen) atoms. The van der Waals surface area contributed by atoms with Crippen molar-refractivity contribution in [1.82, 2.24) is 15.3 Å². The summed E-state index contributed by atoms with van der Waals surface area (Å²) in [4.78, 5) is 21.8. The molecule has 0 unspecified atom stereocenters. The zero-order chi connectivity index (χ0) is 16.8. The third kappa shape index (κ3) is 3.69. The minimum absolute atomic E-state index is 0.280. The minimum Gasteiger partial charge on any atom is -0.495 e. The third-order valence-electron chi connectivity index (χ3n) is 3.30. The molecule has 3 rings (SSSR count).